The van der Waals surface area contributed by atoms with Crippen molar-refractivity contribution in [3.05, 3.63) is 39.7 Å². The van der Waals surface area contributed by atoms with E-state index in [4.69, 9.17) is 15.2 Å². The van der Waals surface area contributed by atoms with E-state index in [1.165, 1.54) is 25.3 Å². The van der Waals surface area contributed by atoms with E-state index in [-0.39, 0.29) is 11.1 Å². The second-order valence-electron chi connectivity index (χ2n) is 5.32. The third-order valence-electron chi connectivity index (χ3n) is 3.59. The third kappa shape index (κ3) is 3.46. The molecule has 0 atom stereocenters. The highest BCUT2D eigenvalue weighted by Gasteiger charge is 2.27. The molecule has 0 aliphatic rings. The number of aromatic nitrogens is 1. The molecule has 0 radical (unpaired) electrons. The van der Waals surface area contributed by atoms with Crippen LogP contribution >= 0.6 is 0 Å². The van der Waals surface area contributed by atoms with Crippen molar-refractivity contribution in [2.45, 2.75) is 13.3 Å². The second-order valence-corrected chi connectivity index (χ2v) is 5.32. The minimum Gasteiger partial charge on any atom is -0.493 e. The molecule has 0 unspecified atom stereocenters. The van der Waals surface area contributed by atoms with Gasteiger partial charge in [-0.15, -0.1) is 0 Å². The van der Waals surface area contributed by atoms with Crippen molar-refractivity contribution < 1.29 is 29.3 Å². The van der Waals surface area contributed by atoms with Crippen molar-refractivity contribution in [1.29, 1.82) is 0 Å². The molecular formula is C17H18N2O7. The number of pyridine rings is 1. The zero-order chi connectivity index (χ0) is 19.4. The summed E-state index contributed by atoms with van der Waals surface area (Å²) in [7, 11) is 1.43. The zero-order valence-corrected chi connectivity index (χ0v) is 14.2. The summed E-state index contributed by atoms with van der Waals surface area (Å²) in [6, 6.07) is 4.35. The van der Waals surface area contributed by atoms with Gasteiger partial charge in [0.2, 0.25) is 0 Å². The predicted octanol–water partition coefficient (Wildman–Crippen LogP) is 1.82. The average Bonchev–Trinajstić information content (AvgIpc) is 2.58. The number of carboxylic acids is 2. The molecule has 9 nitrogen and oxygen atoms in total. The van der Waals surface area contributed by atoms with E-state index in [2.05, 4.69) is 4.98 Å². The van der Waals surface area contributed by atoms with E-state index in [0.717, 1.165) is 0 Å². The molecule has 5 N–H and O–H groups in total. The fourth-order valence-corrected chi connectivity index (χ4v) is 2.49. The summed E-state index contributed by atoms with van der Waals surface area (Å²) >= 11 is 0. The summed E-state index contributed by atoms with van der Waals surface area (Å²) < 4.78 is 10.7. The number of nitrogen functional groups attached to an aromatic ring is 1. The van der Waals surface area contributed by atoms with Gasteiger partial charge < -0.3 is 30.4 Å². The number of benzene rings is 1. The van der Waals surface area contributed by atoms with Crippen molar-refractivity contribution in [2.75, 3.05) is 19.5 Å². The molecule has 2 rings (SSSR count). The van der Waals surface area contributed by atoms with Gasteiger partial charge in [0.05, 0.1) is 13.7 Å². The normalized spacial score (nSPS) is 10.4. The summed E-state index contributed by atoms with van der Waals surface area (Å²) in [6.45, 7) is 2.27. The van der Waals surface area contributed by atoms with Gasteiger partial charge in [0.25, 0.3) is 5.56 Å². The number of ether oxygens (including phenoxy) is 2. The smallest absolute Gasteiger partial charge is 0.342 e. The van der Waals surface area contributed by atoms with Crippen molar-refractivity contribution >= 4 is 17.8 Å². The highest BCUT2D eigenvalue weighted by Crippen LogP contribution is 2.36. The first kappa shape index (κ1) is 18.8. The first-order chi connectivity index (χ1) is 12.3. The third-order valence-corrected chi connectivity index (χ3v) is 3.59. The molecule has 0 bridgehead atoms. The Hall–Kier alpha value is -3.49. The molecule has 0 amide bonds. The number of H-pyrrole nitrogens is 1. The fraction of sp³-hybridized carbons (Fsp3) is 0.235. The molecule has 1 heterocycles. The lowest BCUT2D eigenvalue weighted by Crippen LogP contribution is -2.24. The van der Waals surface area contributed by atoms with E-state index >= 15 is 0 Å². The van der Waals surface area contributed by atoms with Crippen molar-refractivity contribution in [3.8, 4) is 22.6 Å². The van der Waals surface area contributed by atoms with Crippen LogP contribution in [0.1, 0.15) is 34.1 Å². The minimum atomic E-state index is -1.57. The zero-order valence-electron chi connectivity index (χ0n) is 14.2. The number of aromatic carboxylic acids is 2. The van der Waals surface area contributed by atoms with Gasteiger partial charge in [-0.25, -0.2) is 9.59 Å². The summed E-state index contributed by atoms with van der Waals surface area (Å²) in [5.41, 5.74) is 3.26. The van der Waals surface area contributed by atoms with Gasteiger partial charge in [0.15, 0.2) is 11.5 Å². The largest absolute Gasteiger partial charge is 0.493 e. The van der Waals surface area contributed by atoms with Crippen LogP contribution in [0.5, 0.6) is 11.5 Å². The summed E-state index contributed by atoms with van der Waals surface area (Å²) in [6.07, 6.45) is 0.714. The van der Waals surface area contributed by atoms with Gasteiger partial charge in [-0.05, 0) is 24.1 Å². The Bertz CT molecular complexity index is 918. The first-order valence-electron chi connectivity index (χ1n) is 7.65. The molecule has 0 spiro atoms. The van der Waals surface area contributed by atoms with E-state index in [0.29, 0.717) is 24.5 Å². The molecular weight excluding hydrogens is 344 g/mol. The Morgan fingerprint density at radius 3 is 2.35 bits per heavy atom. The molecule has 2 aromatic rings. The highest BCUT2D eigenvalue weighted by molar-refractivity contribution is 6.07. The topological polar surface area (TPSA) is 152 Å². The number of hydrogen-bond acceptors (Lipinski definition) is 6. The first-order valence-corrected chi connectivity index (χ1v) is 7.65. The number of methoxy groups -OCH3 is 1. The maximum Gasteiger partial charge on any atom is 0.342 e. The van der Waals surface area contributed by atoms with Crippen molar-refractivity contribution in [1.82, 2.24) is 4.98 Å². The van der Waals surface area contributed by atoms with Crippen molar-refractivity contribution in [2.24, 2.45) is 0 Å². The maximum absolute atomic E-state index is 12.1. The molecule has 1 aromatic heterocycles. The van der Waals surface area contributed by atoms with Crippen LogP contribution in [0.15, 0.2) is 23.0 Å². The lowest BCUT2D eigenvalue weighted by atomic mass is 9.95. The molecule has 0 saturated carbocycles. The number of nitrogens with two attached hydrogens (primary N) is 1. The summed E-state index contributed by atoms with van der Waals surface area (Å²) in [5.74, 6) is -2.81. The molecule has 0 saturated heterocycles. The van der Waals surface area contributed by atoms with Crippen LogP contribution in [0.25, 0.3) is 11.1 Å². The summed E-state index contributed by atoms with van der Waals surface area (Å²) in [5, 5.41) is 18.9. The van der Waals surface area contributed by atoms with Gasteiger partial charge in [0, 0.05) is 5.56 Å². The van der Waals surface area contributed by atoms with Crippen LogP contribution in [0, 0.1) is 0 Å². The molecule has 1 aromatic carbocycles. The Morgan fingerprint density at radius 2 is 1.81 bits per heavy atom. The number of aromatic amines is 1. The quantitative estimate of drug-likeness (QED) is 0.582. The lowest BCUT2D eigenvalue weighted by Gasteiger charge is -2.15. The van der Waals surface area contributed by atoms with E-state index in [9.17, 15) is 24.6 Å². The highest BCUT2D eigenvalue weighted by atomic mass is 16.5. The SMILES string of the molecule is CCCOc1cc(-c2c(C(=O)O)c(N)[nH]c(=O)c2C(=O)O)ccc1OC. The molecule has 0 aliphatic heterocycles. The molecule has 0 aliphatic carbocycles. The Morgan fingerprint density at radius 1 is 1.15 bits per heavy atom. The number of carbonyl (C=O) groups is 2. The van der Waals surface area contributed by atoms with Gasteiger partial charge in [-0.2, -0.15) is 0 Å². The number of hydrogen-bond donors (Lipinski definition) is 4. The number of anilines is 1. The Balaban J connectivity index is 2.84. The van der Waals surface area contributed by atoms with Crippen molar-refractivity contribution in [3.63, 3.8) is 0 Å². The number of carboxylic acid groups (broad SMARTS) is 2. The van der Waals surface area contributed by atoms with Crippen LogP contribution < -0.4 is 20.8 Å². The van der Waals surface area contributed by atoms with Gasteiger partial charge in [0.1, 0.15) is 16.9 Å². The van der Waals surface area contributed by atoms with Gasteiger partial charge >= 0.3 is 11.9 Å². The minimum absolute atomic E-state index is 0.157. The molecule has 26 heavy (non-hydrogen) atoms. The average molecular weight is 362 g/mol. The van der Waals surface area contributed by atoms with Crippen LogP contribution in [-0.2, 0) is 0 Å². The summed E-state index contributed by atoms with van der Waals surface area (Å²) in [4.78, 5) is 37.3. The van der Waals surface area contributed by atoms with Gasteiger partial charge in [-0.3, -0.25) is 4.79 Å². The molecule has 9 heteroatoms. The van der Waals surface area contributed by atoms with Crippen LogP contribution in [0.3, 0.4) is 0 Å². The van der Waals surface area contributed by atoms with Gasteiger partial charge in [-0.1, -0.05) is 13.0 Å². The fourth-order valence-electron chi connectivity index (χ4n) is 2.49. The van der Waals surface area contributed by atoms with E-state index < -0.39 is 34.4 Å². The standard InChI is InChI=1S/C17H18N2O7/c1-3-6-26-10-7-8(4-5-9(10)25-2)11-12(16(21)22)14(18)19-15(20)13(11)17(23)24/h4-5,7H,3,6H2,1-2H3,(H,21,22)(H,23,24)(H3,18,19,20). The predicted molar refractivity (Wildman–Crippen MR) is 93.2 cm³/mol. The Labute approximate surface area is 148 Å². The van der Waals surface area contributed by atoms with Crippen LogP contribution in [0.4, 0.5) is 5.82 Å². The maximum atomic E-state index is 12.1. The number of nitrogens with one attached hydrogen (secondary N) is 1. The van der Waals surface area contributed by atoms with E-state index in [1.807, 2.05) is 6.92 Å². The number of rotatable bonds is 7. The molecule has 0 fully saturated rings. The van der Waals surface area contributed by atoms with Crippen LogP contribution in [-0.4, -0.2) is 40.9 Å². The van der Waals surface area contributed by atoms with Crippen LogP contribution in [0.2, 0.25) is 0 Å². The Kier molecular flexibility index (Phi) is 5.51. The second kappa shape index (κ2) is 7.60. The molecule has 138 valence electrons. The monoisotopic (exact) mass is 362 g/mol. The lowest BCUT2D eigenvalue weighted by molar-refractivity contribution is 0.0695. The van der Waals surface area contributed by atoms with E-state index in [1.54, 1.807) is 0 Å².